The molecule has 0 spiro atoms. The standard InChI is InChI=1S/C16H23ClN2O2/c1-21-15-7-5-14(6-8-15)18-10-12-19(13-11-18)16(20)4-2-3-9-17/h5-8H,2-4,9-13H2,1H3. The van der Waals surface area contributed by atoms with Crippen LogP contribution in [0.15, 0.2) is 24.3 Å². The number of carbonyl (C=O) groups is 1. The van der Waals surface area contributed by atoms with E-state index in [9.17, 15) is 4.79 Å². The molecule has 0 atom stereocenters. The van der Waals surface area contributed by atoms with Crippen molar-refractivity contribution in [2.24, 2.45) is 0 Å². The number of halogens is 1. The fourth-order valence-electron chi connectivity index (χ4n) is 2.54. The number of nitrogens with zero attached hydrogens (tertiary/aromatic N) is 2. The van der Waals surface area contributed by atoms with Crippen LogP contribution >= 0.6 is 11.6 Å². The van der Waals surface area contributed by atoms with Crippen molar-refractivity contribution < 1.29 is 9.53 Å². The molecule has 1 heterocycles. The van der Waals surface area contributed by atoms with Gasteiger partial charge in [-0.1, -0.05) is 0 Å². The van der Waals surface area contributed by atoms with E-state index in [-0.39, 0.29) is 5.91 Å². The molecule has 0 aliphatic carbocycles. The van der Waals surface area contributed by atoms with Crippen molar-refractivity contribution in [2.45, 2.75) is 19.3 Å². The highest BCUT2D eigenvalue weighted by Gasteiger charge is 2.20. The predicted molar refractivity (Wildman–Crippen MR) is 86.4 cm³/mol. The number of amides is 1. The number of hydrogen-bond acceptors (Lipinski definition) is 3. The molecule has 5 heteroatoms. The lowest BCUT2D eigenvalue weighted by Gasteiger charge is -2.36. The van der Waals surface area contributed by atoms with E-state index in [2.05, 4.69) is 17.0 Å². The first-order valence-corrected chi connectivity index (χ1v) is 8.01. The summed E-state index contributed by atoms with van der Waals surface area (Å²) in [4.78, 5) is 16.3. The third-order valence-electron chi connectivity index (χ3n) is 3.84. The summed E-state index contributed by atoms with van der Waals surface area (Å²) in [5.74, 6) is 1.76. The van der Waals surface area contributed by atoms with Gasteiger partial charge in [-0.25, -0.2) is 0 Å². The van der Waals surface area contributed by atoms with Crippen LogP contribution in [-0.4, -0.2) is 50.0 Å². The van der Waals surface area contributed by atoms with Gasteiger partial charge in [0.05, 0.1) is 7.11 Å². The van der Waals surface area contributed by atoms with Gasteiger partial charge in [0, 0.05) is 44.2 Å². The number of piperazine rings is 1. The largest absolute Gasteiger partial charge is 0.497 e. The Labute approximate surface area is 131 Å². The van der Waals surface area contributed by atoms with Crippen LogP contribution < -0.4 is 9.64 Å². The number of ether oxygens (including phenoxy) is 1. The molecule has 0 saturated carbocycles. The van der Waals surface area contributed by atoms with Crippen molar-refractivity contribution in [3.63, 3.8) is 0 Å². The van der Waals surface area contributed by atoms with E-state index in [1.807, 2.05) is 17.0 Å². The first kappa shape index (κ1) is 16.0. The Morgan fingerprint density at radius 1 is 1.14 bits per heavy atom. The first-order chi connectivity index (χ1) is 10.2. The van der Waals surface area contributed by atoms with E-state index in [4.69, 9.17) is 16.3 Å². The number of alkyl halides is 1. The van der Waals surface area contributed by atoms with Gasteiger partial charge in [0.1, 0.15) is 5.75 Å². The molecule has 0 N–H and O–H groups in total. The molecule has 116 valence electrons. The zero-order valence-corrected chi connectivity index (χ0v) is 13.3. The van der Waals surface area contributed by atoms with Crippen molar-refractivity contribution in [1.82, 2.24) is 4.90 Å². The SMILES string of the molecule is COc1ccc(N2CCN(C(=O)CCCCCl)CC2)cc1. The van der Waals surface area contributed by atoms with Gasteiger partial charge >= 0.3 is 0 Å². The minimum Gasteiger partial charge on any atom is -0.497 e. The van der Waals surface area contributed by atoms with E-state index in [0.717, 1.165) is 44.8 Å². The molecule has 0 aromatic heterocycles. The lowest BCUT2D eigenvalue weighted by molar-refractivity contribution is -0.131. The maximum atomic E-state index is 12.0. The summed E-state index contributed by atoms with van der Waals surface area (Å²) in [5.41, 5.74) is 1.19. The summed E-state index contributed by atoms with van der Waals surface area (Å²) in [7, 11) is 1.67. The quantitative estimate of drug-likeness (QED) is 0.598. The maximum Gasteiger partial charge on any atom is 0.222 e. The number of hydrogen-bond donors (Lipinski definition) is 0. The molecule has 1 saturated heterocycles. The Morgan fingerprint density at radius 3 is 2.38 bits per heavy atom. The normalized spacial score (nSPS) is 15.1. The van der Waals surface area contributed by atoms with Gasteiger partial charge in [-0.3, -0.25) is 4.79 Å². The summed E-state index contributed by atoms with van der Waals surface area (Å²) in [6.45, 7) is 3.36. The van der Waals surface area contributed by atoms with Crippen molar-refractivity contribution in [3.8, 4) is 5.75 Å². The molecule has 1 aliphatic rings. The Hall–Kier alpha value is -1.42. The molecular weight excluding hydrogens is 288 g/mol. The lowest BCUT2D eigenvalue weighted by Crippen LogP contribution is -2.48. The molecule has 2 rings (SSSR count). The van der Waals surface area contributed by atoms with E-state index >= 15 is 0 Å². The van der Waals surface area contributed by atoms with Gasteiger partial charge in [-0.15, -0.1) is 11.6 Å². The van der Waals surface area contributed by atoms with Crippen LogP contribution in [0.3, 0.4) is 0 Å². The van der Waals surface area contributed by atoms with Crippen molar-refractivity contribution in [2.75, 3.05) is 44.1 Å². The van der Waals surface area contributed by atoms with Crippen LogP contribution in [0.25, 0.3) is 0 Å². The Kier molecular flexibility index (Phi) is 6.18. The molecule has 0 radical (unpaired) electrons. The van der Waals surface area contributed by atoms with E-state index in [1.165, 1.54) is 5.69 Å². The number of methoxy groups -OCH3 is 1. The Morgan fingerprint density at radius 2 is 1.81 bits per heavy atom. The summed E-state index contributed by atoms with van der Waals surface area (Å²) >= 11 is 5.64. The van der Waals surface area contributed by atoms with Gasteiger partial charge in [0.2, 0.25) is 5.91 Å². The zero-order chi connectivity index (χ0) is 15.1. The lowest BCUT2D eigenvalue weighted by atomic mass is 10.2. The van der Waals surface area contributed by atoms with Crippen LogP contribution in [0, 0.1) is 0 Å². The smallest absolute Gasteiger partial charge is 0.222 e. The summed E-state index contributed by atoms with van der Waals surface area (Å²) in [5, 5.41) is 0. The number of anilines is 1. The number of carbonyl (C=O) groups excluding carboxylic acids is 1. The minimum absolute atomic E-state index is 0.259. The summed E-state index contributed by atoms with van der Waals surface area (Å²) in [6, 6.07) is 8.08. The molecule has 1 amide bonds. The van der Waals surface area contributed by atoms with Crippen molar-refractivity contribution in [1.29, 1.82) is 0 Å². The van der Waals surface area contributed by atoms with Gasteiger partial charge in [-0.05, 0) is 37.1 Å². The van der Waals surface area contributed by atoms with E-state index < -0.39 is 0 Å². The first-order valence-electron chi connectivity index (χ1n) is 7.47. The summed E-state index contributed by atoms with van der Waals surface area (Å²) in [6.07, 6.45) is 2.43. The van der Waals surface area contributed by atoms with Crippen molar-refractivity contribution >= 4 is 23.2 Å². The molecule has 1 aromatic rings. The Balaban J connectivity index is 1.80. The second-order valence-electron chi connectivity index (χ2n) is 5.21. The van der Waals surface area contributed by atoms with Crippen molar-refractivity contribution in [3.05, 3.63) is 24.3 Å². The minimum atomic E-state index is 0.259. The monoisotopic (exact) mass is 310 g/mol. The van der Waals surface area contributed by atoms with Gasteiger partial charge in [-0.2, -0.15) is 0 Å². The molecule has 21 heavy (non-hydrogen) atoms. The average Bonchev–Trinajstić information content (AvgIpc) is 2.55. The highest BCUT2D eigenvalue weighted by molar-refractivity contribution is 6.17. The summed E-state index contributed by atoms with van der Waals surface area (Å²) < 4.78 is 5.17. The molecule has 4 nitrogen and oxygen atoms in total. The predicted octanol–water partition coefficient (Wildman–Crippen LogP) is 2.75. The average molecular weight is 311 g/mol. The molecule has 0 unspecified atom stereocenters. The molecule has 1 aromatic carbocycles. The molecule has 1 fully saturated rings. The second-order valence-corrected chi connectivity index (χ2v) is 5.59. The number of unbranched alkanes of at least 4 members (excludes halogenated alkanes) is 1. The fraction of sp³-hybridized carbons (Fsp3) is 0.562. The highest BCUT2D eigenvalue weighted by Crippen LogP contribution is 2.20. The van der Waals surface area contributed by atoms with Crippen LogP contribution in [0.4, 0.5) is 5.69 Å². The number of rotatable bonds is 6. The van der Waals surface area contributed by atoms with Gasteiger partial charge in [0.15, 0.2) is 0 Å². The van der Waals surface area contributed by atoms with E-state index in [1.54, 1.807) is 7.11 Å². The molecule has 1 aliphatic heterocycles. The topological polar surface area (TPSA) is 32.8 Å². The Bertz CT molecular complexity index is 442. The third kappa shape index (κ3) is 4.53. The second kappa shape index (κ2) is 8.13. The van der Waals surface area contributed by atoms with Crippen LogP contribution in [-0.2, 0) is 4.79 Å². The fourth-order valence-corrected chi connectivity index (χ4v) is 2.72. The van der Waals surface area contributed by atoms with Crippen LogP contribution in [0.5, 0.6) is 5.75 Å². The number of benzene rings is 1. The highest BCUT2D eigenvalue weighted by atomic mass is 35.5. The van der Waals surface area contributed by atoms with Gasteiger partial charge < -0.3 is 14.5 Å². The van der Waals surface area contributed by atoms with Crippen LogP contribution in [0.1, 0.15) is 19.3 Å². The van der Waals surface area contributed by atoms with Crippen LogP contribution in [0.2, 0.25) is 0 Å². The molecular formula is C16H23ClN2O2. The maximum absolute atomic E-state index is 12.0. The molecule has 0 bridgehead atoms. The van der Waals surface area contributed by atoms with E-state index in [0.29, 0.717) is 12.3 Å². The zero-order valence-electron chi connectivity index (χ0n) is 12.6. The third-order valence-corrected chi connectivity index (χ3v) is 4.11. The van der Waals surface area contributed by atoms with Gasteiger partial charge in [0.25, 0.3) is 0 Å².